The minimum absolute atomic E-state index is 1.10. The van der Waals surface area contributed by atoms with Gasteiger partial charge in [0.1, 0.15) is 0 Å². The maximum absolute atomic E-state index is 2.41. The summed E-state index contributed by atoms with van der Waals surface area (Å²) in [6.45, 7) is 0. The topological polar surface area (TPSA) is 8.17 Å². The second kappa shape index (κ2) is 11.8. The monoisotopic (exact) mass is 612 g/mol. The van der Waals surface area contributed by atoms with E-state index in [-0.39, 0.29) is 0 Å². The van der Waals surface area contributed by atoms with Gasteiger partial charge in [0.05, 0.1) is 11.0 Å². The molecule has 9 rings (SSSR count). The van der Waals surface area contributed by atoms with Gasteiger partial charge in [0.2, 0.25) is 0 Å². The van der Waals surface area contributed by atoms with Gasteiger partial charge < -0.3 is 9.47 Å². The molecule has 0 aliphatic rings. The molecule has 0 atom stereocenters. The van der Waals surface area contributed by atoms with Crippen molar-refractivity contribution in [2.45, 2.75) is 0 Å². The molecule has 9 aromatic rings. The zero-order chi connectivity index (χ0) is 31.9. The van der Waals surface area contributed by atoms with Gasteiger partial charge in [-0.15, -0.1) is 0 Å². The SMILES string of the molecule is c1ccc(-c2ccc(N(c3ccc(-c4ccccc4)cc3)c3ccc4c5c6ccccc6ccc5n(-c5ccccc5)c4c3)cc2)cc1. The Morgan fingerprint density at radius 1 is 0.333 bits per heavy atom. The maximum atomic E-state index is 2.41. The highest BCUT2D eigenvalue weighted by Gasteiger charge is 2.19. The molecule has 8 aromatic carbocycles. The van der Waals surface area contributed by atoms with Crippen molar-refractivity contribution in [2.24, 2.45) is 0 Å². The molecule has 226 valence electrons. The normalized spacial score (nSPS) is 11.3. The number of aromatic nitrogens is 1. The smallest absolute Gasteiger partial charge is 0.0562 e. The standard InChI is InChI=1S/C46H32N2/c1-4-12-33(13-5-1)35-20-25-39(26-21-35)47(40-27-22-36(23-28-40)34-14-6-2-7-15-34)41-29-30-43-45(32-41)48(38-17-8-3-9-18-38)44-31-24-37-16-10-11-19-42(37)46(43)44/h1-32H. The lowest BCUT2D eigenvalue weighted by Crippen LogP contribution is -2.10. The number of fused-ring (bicyclic) bond motifs is 5. The Morgan fingerprint density at radius 2 is 0.833 bits per heavy atom. The van der Waals surface area contributed by atoms with E-state index in [1.807, 2.05) is 0 Å². The van der Waals surface area contributed by atoms with E-state index in [4.69, 9.17) is 0 Å². The molecule has 0 bridgehead atoms. The van der Waals surface area contributed by atoms with Crippen LogP contribution in [0.25, 0.3) is 60.5 Å². The van der Waals surface area contributed by atoms with Gasteiger partial charge in [0.15, 0.2) is 0 Å². The quantitative estimate of drug-likeness (QED) is 0.181. The summed E-state index contributed by atoms with van der Waals surface area (Å²) >= 11 is 0. The average Bonchev–Trinajstić information content (AvgIpc) is 3.51. The zero-order valence-corrected chi connectivity index (χ0v) is 26.4. The van der Waals surface area contributed by atoms with Crippen LogP contribution in [0.3, 0.4) is 0 Å². The Labute approximate surface area is 280 Å². The van der Waals surface area contributed by atoms with Crippen molar-refractivity contribution in [3.63, 3.8) is 0 Å². The summed E-state index contributed by atoms with van der Waals surface area (Å²) in [4.78, 5) is 2.37. The number of hydrogen-bond donors (Lipinski definition) is 0. The predicted molar refractivity (Wildman–Crippen MR) is 204 cm³/mol. The molecule has 0 N–H and O–H groups in total. The molecule has 0 fully saturated rings. The van der Waals surface area contributed by atoms with Crippen LogP contribution in [0.15, 0.2) is 194 Å². The fourth-order valence-corrected chi connectivity index (χ4v) is 7.08. The van der Waals surface area contributed by atoms with Gasteiger partial charge in [0, 0.05) is 33.5 Å². The van der Waals surface area contributed by atoms with Gasteiger partial charge in [-0.2, -0.15) is 0 Å². The first-order chi connectivity index (χ1) is 23.8. The molecule has 0 amide bonds. The first-order valence-corrected chi connectivity index (χ1v) is 16.4. The van der Waals surface area contributed by atoms with Crippen LogP contribution in [0.1, 0.15) is 0 Å². The zero-order valence-electron chi connectivity index (χ0n) is 26.4. The fourth-order valence-electron chi connectivity index (χ4n) is 7.08. The van der Waals surface area contributed by atoms with Gasteiger partial charge in [-0.1, -0.05) is 140 Å². The number of rotatable bonds is 6. The molecule has 0 saturated heterocycles. The number of nitrogens with zero attached hydrogens (tertiary/aromatic N) is 2. The summed E-state index contributed by atoms with van der Waals surface area (Å²) in [6.07, 6.45) is 0. The lowest BCUT2D eigenvalue weighted by Gasteiger charge is -2.26. The summed E-state index contributed by atoms with van der Waals surface area (Å²) in [7, 11) is 0. The summed E-state index contributed by atoms with van der Waals surface area (Å²) in [5, 5.41) is 5.05. The third kappa shape index (κ3) is 4.83. The van der Waals surface area contributed by atoms with Crippen LogP contribution in [0.5, 0.6) is 0 Å². The van der Waals surface area contributed by atoms with E-state index in [0.717, 1.165) is 22.7 Å². The summed E-state index contributed by atoms with van der Waals surface area (Å²) in [5.74, 6) is 0. The molecule has 2 nitrogen and oxygen atoms in total. The third-order valence-electron chi connectivity index (χ3n) is 9.38. The second-order valence-electron chi connectivity index (χ2n) is 12.2. The van der Waals surface area contributed by atoms with E-state index in [2.05, 4.69) is 204 Å². The van der Waals surface area contributed by atoms with Crippen LogP contribution in [0.4, 0.5) is 17.1 Å². The highest BCUT2D eigenvalue weighted by molar-refractivity contribution is 6.21. The van der Waals surface area contributed by atoms with Gasteiger partial charge >= 0.3 is 0 Å². The van der Waals surface area contributed by atoms with Crippen LogP contribution in [0.2, 0.25) is 0 Å². The van der Waals surface area contributed by atoms with Crippen molar-refractivity contribution in [2.75, 3.05) is 4.90 Å². The molecule has 1 aromatic heterocycles. The van der Waals surface area contributed by atoms with Crippen molar-refractivity contribution in [1.82, 2.24) is 4.57 Å². The number of benzene rings is 8. The Kier molecular flexibility index (Phi) is 6.84. The minimum Gasteiger partial charge on any atom is -0.310 e. The Hall–Kier alpha value is -6.38. The predicted octanol–water partition coefficient (Wildman–Crippen LogP) is 12.7. The molecule has 0 radical (unpaired) electrons. The number of para-hydroxylation sites is 1. The second-order valence-corrected chi connectivity index (χ2v) is 12.2. The number of anilines is 3. The molecule has 0 spiro atoms. The summed E-state index contributed by atoms with van der Waals surface area (Å²) in [5.41, 5.74) is 11.7. The van der Waals surface area contributed by atoms with E-state index < -0.39 is 0 Å². The van der Waals surface area contributed by atoms with E-state index >= 15 is 0 Å². The molecule has 0 aliphatic heterocycles. The lowest BCUT2D eigenvalue weighted by molar-refractivity contribution is 1.18. The van der Waals surface area contributed by atoms with Crippen LogP contribution in [-0.4, -0.2) is 4.57 Å². The first-order valence-electron chi connectivity index (χ1n) is 16.4. The third-order valence-corrected chi connectivity index (χ3v) is 9.38. The molecule has 2 heteroatoms. The summed E-state index contributed by atoms with van der Waals surface area (Å²) < 4.78 is 2.41. The molecular formula is C46H32N2. The van der Waals surface area contributed by atoms with E-state index in [1.165, 1.54) is 54.8 Å². The molecule has 0 saturated carbocycles. The van der Waals surface area contributed by atoms with Gasteiger partial charge in [-0.3, -0.25) is 0 Å². The van der Waals surface area contributed by atoms with Gasteiger partial charge in [0.25, 0.3) is 0 Å². The highest BCUT2D eigenvalue weighted by atomic mass is 15.1. The fraction of sp³-hybridized carbons (Fsp3) is 0. The van der Waals surface area contributed by atoms with E-state index in [0.29, 0.717) is 0 Å². The van der Waals surface area contributed by atoms with Crippen molar-refractivity contribution >= 4 is 49.6 Å². The average molecular weight is 613 g/mol. The summed E-state index contributed by atoms with van der Waals surface area (Å²) in [6, 6.07) is 69.8. The first kappa shape index (κ1) is 27.9. The largest absolute Gasteiger partial charge is 0.310 e. The van der Waals surface area contributed by atoms with Crippen molar-refractivity contribution < 1.29 is 0 Å². The van der Waals surface area contributed by atoms with E-state index in [1.54, 1.807) is 0 Å². The van der Waals surface area contributed by atoms with Crippen molar-refractivity contribution in [3.05, 3.63) is 194 Å². The van der Waals surface area contributed by atoms with Crippen molar-refractivity contribution in [3.8, 4) is 27.9 Å². The molecule has 48 heavy (non-hydrogen) atoms. The van der Waals surface area contributed by atoms with Gasteiger partial charge in [-0.25, -0.2) is 0 Å². The van der Waals surface area contributed by atoms with E-state index in [9.17, 15) is 0 Å². The van der Waals surface area contributed by atoms with Gasteiger partial charge in [-0.05, 0) is 87.6 Å². The Bertz CT molecular complexity index is 2430. The lowest BCUT2D eigenvalue weighted by atomic mass is 10.0. The Morgan fingerprint density at radius 3 is 1.44 bits per heavy atom. The molecule has 1 heterocycles. The van der Waals surface area contributed by atoms with Crippen LogP contribution < -0.4 is 4.90 Å². The Balaban J connectivity index is 1.26. The van der Waals surface area contributed by atoms with Crippen molar-refractivity contribution in [1.29, 1.82) is 0 Å². The maximum Gasteiger partial charge on any atom is 0.0562 e. The molecule has 0 unspecified atom stereocenters. The number of hydrogen-bond acceptors (Lipinski definition) is 1. The molecular weight excluding hydrogens is 581 g/mol. The van der Waals surface area contributed by atoms with Crippen LogP contribution in [-0.2, 0) is 0 Å². The minimum atomic E-state index is 1.10. The van der Waals surface area contributed by atoms with Crippen LogP contribution >= 0.6 is 0 Å². The van der Waals surface area contributed by atoms with Crippen LogP contribution in [0, 0.1) is 0 Å². The molecule has 0 aliphatic carbocycles. The highest BCUT2D eigenvalue weighted by Crippen LogP contribution is 2.42.